The first-order valence-electron chi connectivity index (χ1n) is 7.59. The van der Waals surface area contributed by atoms with Gasteiger partial charge < -0.3 is 10.6 Å². The molecule has 22 heavy (non-hydrogen) atoms. The van der Waals surface area contributed by atoms with E-state index in [2.05, 4.69) is 31.8 Å². The van der Waals surface area contributed by atoms with Gasteiger partial charge >= 0.3 is 0 Å². The second kappa shape index (κ2) is 6.14. The third-order valence-corrected chi connectivity index (χ3v) is 3.82. The Balaban J connectivity index is 1.42. The molecule has 2 N–H and O–H groups in total. The number of carbonyl (C=O) groups is 1. The van der Waals surface area contributed by atoms with Gasteiger partial charge in [0.25, 0.3) is 5.91 Å². The van der Waals surface area contributed by atoms with Crippen molar-refractivity contribution in [2.24, 2.45) is 10.2 Å². The molecule has 2 heterocycles. The minimum absolute atomic E-state index is 0.127. The highest BCUT2D eigenvalue weighted by Crippen LogP contribution is 2.36. The standard InChI is InChI=1S/C16H19N5O/c1-2-3-8-16(20-21-16)9-10-17-15(22)12-4-7-14(18-11-12)19-13-5-6-13/h1,4,7,11,13H,3,5-6,8-10H2,(H,17,22)(H,18,19). The molecule has 2 aliphatic rings. The van der Waals surface area contributed by atoms with Gasteiger partial charge in [0, 0.05) is 38.0 Å². The molecule has 6 heteroatoms. The van der Waals surface area contributed by atoms with Crippen molar-refractivity contribution in [2.45, 2.75) is 43.8 Å². The van der Waals surface area contributed by atoms with Crippen LogP contribution in [0, 0.1) is 12.3 Å². The van der Waals surface area contributed by atoms with Gasteiger partial charge in [0.15, 0.2) is 5.66 Å². The first-order valence-corrected chi connectivity index (χ1v) is 7.59. The van der Waals surface area contributed by atoms with Crippen LogP contribution in [-0.4, -0.2) is 29.1 Å². The first-order chi connectivity index (χ1) is 10.7. The number of hydrogen-bond acceptors (Lipinski definition) is 5. The van der Waals surface area contributed by atoms with E-state index in [9.17, 15) is 4.79 Å². The van der Waals surface area contributed by atoms with Gasteiger partial charge in [-0.25, -0.2) is 4.98 Å². The molecule has 1 aromatic rings. The number of pyridine rings is 1. The van der Waals surface area contributed by atoms with Crippen molar-refractivity contribution >= 4 is 11.7 Å². The van der Waals surface area contributed by atoms with Crippen LogP contribution in [0.25, 0.3) is 0 Å². The zero-order valence-corrected chi connectivity index (χ0v) is 12.4. The highest BCUT2D eigenvalue weighted by Gasteiger charge is 2.38. The lowest BCUT2D eigenvalue weighted by Crippen LogP contribution is -2.28. The maximum absolute atomic E-state index is 12.0. The highest BCUT2D eigenvalue weighted by atomic mass is 16.1. The molecule has 0 saturated heterocycles. The van der Waals surface area contributed by atoms with E-state index in [-0.39, 0.29) is 11.6 Å². The zero-order valence-electron chi connectivity index (χ0n) is 12.4. The molecule has 0 spiro atoms. The summed E-state index contributed by atoms with van der Waals surface area (Å²) in [6.07, 6.45) is 11.3. The molecule has 0 aromatic carbocycles. The lowest BCUT2D eigenvalue weighted by atomic mass is 10.0. The summed E-state index contributed by atoms with van der Waals surface area (Å²) in [5, 5.41) is 14.2. The van der Waals surface area contributed by atoms with E-state index in [0.29, 0.717) is 31.0 Å². The van der Waals surface area contributed by atoms with Gasteiger partial charge in [0.2, 0.25) is 0 Å². The van der Waals surface area contributed by atoms with Crippen molar-refractivity contribution in [3.63, 3.8) is 0 Å². The fourth-order valence-corrected chi connectivity index (χ4v) is 2.20. The lowest BCUT2D eigenvalue weighted by Gasteiger charge is -2.10. The van der Waals surface area contributed by atoms with Crippen molar-refractivity contribution < 1.29 is 4.79 Å². The topological polar surface area (TPSA) is 78.7 Å². The SMILES string of the molecule is C#CCCC1(CCNC(=O)c2ccc(NC3CC3)nc2)N=N1. The maximum Gasteiger partial charge on any atom is 0.252 e. The quantitative estimate of drug-likeness (QED) is 0.723. The molecule has 1 amide bonds. The van der Waals surface area contributed by atoms with Crippen LogP contribution in [0.1, 0.15) is 42.5 Å². The lowest BCUT2D eigenvalue weighted by molar-refractivity contribution is 0.0951. The number of aromatic nitrogens is 1. The van der Waals surface area contributed by atoms with Crippen molar-refractivity contribution in [2.75, 3.05) is 11.9 Å². The molecule has 114 valence electrons. The molecule has 0 atom stereocenters. The Labute approximate surface area is 129 Å². The van der Waals surface area contributed by atoms with Gasteiger partial charge in [-0.1, -0.05) is 0 Å². The van der Waals surface area contributed by atoms with E-state index in [1.165, 1.54) is 12.8 Å². The molecule has 1 aromatic heterocycles. The molecule has 1 aliphatic carbocycles. The van der Waals surface area contributed by atoms with Gasteiger partial charge in [-0.2, -0.15) is 10.2 Å². The molecule has 1 aliphatic heterocycles. The number of nitrogens with zero attached hydrogens (tertiary/aromatic N) is 3. The van der Waals surface area contributed by atoms with Gasteiger partial charge in [0.05, 0.1) is 5.56 Å². The summed E-state index contributed by atoms with van der Waals surface area (Å²) in [6.45, 7) is 0.526. The van der Waals surface area contributed by atoms with Crippen LogP contribution in [0.15, 0.2) is 28.6 Å². The molecule has 6 nitrogen and oxygen atoms in total. The zero-order chi connectivity index (χ0) is 15.4. The van der Waals surface area contributed by atoms with Crippen LogP contribution >= 0.6 is 0 Å². The minimum atomic E-state index is -0.351. The number of hydrogen-bond donors (Lipinski definition) is 2. The molecule has 1 saturated carbocycles. The van der Waals surface area contributed by atoms with Crippen molar-refractivity contribution in [3.8, 4) is 12.3 Å². The number of nitrogens with one attached hydrogen (secondary N) is 2. The molecule has 0 unspecified atom stereocenters. The molecule has 3 rings (SSSR count). The molecule has 0 radical (unpaired) electrons. The van der Waals surface area contributed by atoms with Crippen LogP contribution in [-0.2, 0) is 0 Å². The van der Waals surface area contributed by atoms with E-state index < -0.39 is 0 Å². The third kappa shape index (κ3) is 3.82. The Bertz CT molecular complexity index is 606. The minimum Gasteiger partial charge on any atom is -0.367 e. The summed E-state index contributed by atoms with van der Waals surface area (Å²) in [5.41, 5.74) is 0.208. The van der Waals surface area contributed by atoms with Crippen LogP contribution in [0.2, 0.25) is 0 Å². The van der Waals surface area contributed by atoms with E-state index in [4.69, 9.17) is 6.42 Å². The number of anilines is 1. The van der Waals surface area contributed by atoms with Crippen LogP contribution in [0.3, 0.4) is 0 Å². The molecular formula is C16H19N5O. The number of rotatable bonds is 8. The maximum atomic E-state index is 12.0. The Kier molecular flexibility index (Phi) is 4.05. The summed E-state index contributed by atoms with van der Waals surface area (Å²) < 4.78 is 0. The molecular weight excluding hydrogens is 278 g/mol. The third-order valence-electron chi connectivity index (χ3n) is 3.82. The predicted octanol–water partition coefficient (Wildman–Crippen LogP) is 2.35. The van der Waals surface area contributed by atoms with Crippen molar-refractivity contribution in [3.05, 3.63) is 23.9 Å². The first kappa shape index (κ1) is 14.5. The van der Waals surface area contributed by atoms with Gasteiger partial charge in [-0.15, -0.1) is 12.3 Å². The Hall–Kier alpha value is -2.42. The summed E-state index contributed by atoms with van der Waals surface area (Å²) in [5.74, 6) is 3.29. The Morgan fingerprint density at radius 2 is 2.18 bits per heavy atom. The van der Waals surface area contributed by atoms with Crippen LogP contribution < -0.4 is 10.6 Å². The van der Waals surface area contributed by atoms with E-state index in [1.54, 1.807) is 12.3 Å². The van der Waals surface area contributed by atoms with Gasteiger partial charge in [-0.05, 0) is 25.0 Å². The van der Waals surface area contributed by atoms with E-state index >= 15 is 0 Å². The van der Waals surface area contributed by atoms with Crippen LogP contribution in [0.5, 0.6) is 0 Å². The van der Waals surface area contributed by atoms with Crippen molar-refractivity contribution in [1.29, 1.82) is 0 Å². The number of amides is 1. The second-order valence-electron chi connectivity index (χ2n) is 5.74. The number of terminal acetylenes is 1. The molecule has 1 fully saturated rings. The smallest absolute Gasteiger partial charge is 0.252 e. The second-order valence-corrected chi connectivity index (χ2v) is 5.74. The van der Waals surface area contributed by atoms with Crippen molar-refractivity contribution in [1.82, 2.24) is 10.3 Å². The van der Waals surface area contributed by atoms with E-state index in [0.717, 1.165) is 12.2 Å². The Morgan fingerprint density at radius 3 is 2.77 bits per heavy atom. The summed E-state index contributed by atoms with van der Waals surface area (Å²) in [6, 6.07) is 4.18. The number of carbonyl (C=O) groups excluding carboxylic acids is 1. The summed E-state index contributed by atoms with van der Waals surface area (Å²) in [7, 11) is 0. The average Bonchev–Trinajstić information content (AvgIpc) is 3.44. The fraction of sp³-hybridized carbons (Fsp3) is 0.500. The predicted molar refractivity (Wildman–Crippen MR) is 83.5 cm³/mol. The summed E-state index contributed by atoms with van der Waals surface area (Å²) >= 11 is 0. The molecule has 0 bridgehead atoms. The monoisotopic (exact) mass is 297 g/mol. The largest absolute Gasteiger partial charge is 0.367 e. The van der Waals surface area contributed by atoms with Crippen LogP contribution in [0.4, 0.5) is 5.82 Å². The van der Waals surface area contributed by atoms with Gasteiger partial charge in [-0.3, -0.25) is 4.79 Å². The highest BCUT2D eigenvalue weighted by molar-refractivity contribution is 5.94. The normalized spacial score (nSPS) is 17.6. The average molecular weight is 297 g/mol. The van der Waals surface area contributed by atoms with Gasteiger partial charge in [0.1, 0.15) is 5.82 Å². The Morgan fingerprint density at radius 1 is 1.36 bits per heavy atom. The van der Waals surface area contributed by atoms with E-state index in [1.807, 2.05) is 6.07 Å². The fourth-order valence-electron chi connectivity index (χ4n) is 2.20. The summed E-state index contributed by atoms with van der Waals surface area (Å²) in [4.78, 5) is 16.3.